The van der Waals surface area contributed by atoms with E-state index in [2.05, 4.69) is 10.6 Å². The van der Waals surface area contributed by atoms with Crippen LogP contribution in [0.5, 0.6) is 0 Å². The van der Waals surface area contributed by atoms with E-state index in [9.17, 15) is 14.7 Å². The second kappa shape index (κ2) is 5.90. The van der Waals surface area contributed by atoms with Gasteiger partial charge in [-0.05, 0) is 39.0 Å². The van der Waals surface area contributed by atoms with Gasteiger partial charge in [-0.3, -0.25) is 9.59 Å². The van der Waals surface area contributed by atoms with Crippen molar-refractivity contribution in [1.29, 1.82) is 0 Å². The smallest absolute Gasteiger partial charge is 0.242 e. The maximum absolute atomic E-state index is 12.4. The summed E-state index contributed by atoms with van der Waals surface area (Å²) in [5.74, 6) is -0.276. The zero-order valence-corrected chi connectivity index (χ0v) is 11.6. The summed E-state index contributed by atoms with van der Waals surface area (Å²) >= 11 is 0. The van der Waals surface area contributed by atoms with Crippen LogP contribution in [0.4, 0.5) is 0 Å². The number of hydrogen-bond acceptors (Lipinski definition) is 3. The van der Waals surface area contributed by atoms with Crippen molar-refractivity contribution in [2.24, 2.45) is 5.41 Å². The van der Waals surface area contributed by atoms with Gasteiger partial charge in [0.1, 0.15) is 6.04 Å². The van der Waals surface area contributed by atoms with E-state index in [0.717, 1.165) is 25.7 Å². The second-order valence-corrected chi connectivity index (χ2v) is 5.99. The molecule has 1 saturated heterocycles. The predicted molar refractivity (Wildman–Crippen MR) is 71.4 cm³/mol. The Labute approximate surface area is 114 Å². The van der Waals surface area contributed by atoms with E-state index in [1.165, 1.54) is 0 Å². The normalized spacial score (nSPS) is 36.2. The molecule has 5 nitrogen and oxygen atoms in total. The van der Waals surface area contributed by atoms with Crippen molar-refractivity contribution in [3.05, 3.63) is 0 Å². The van der Waals surface area contributed by atoms with Gasteiger partial charge in [0, 0.05) is 6.54 Å². The molecular formula is C14H24N2O3. The first-order valence-electron chi connectivity index (χ1n) is 7.31. The van der Waals surface area contributed by atoms with E-state index in [4.69, 9.17) is 0 Å². The van der Waals surface area contributed by atoms with Gasteiger partial charge < -0.3 is 15.7 Å². The standard InChI is InChI=1S/C14H24N2O3/c1-14(8-4-2-7-11(14)17)13(19)16-10-6-3-5-9-15-12(10)18/h10-11,17H,2-9H2,1H3,(H,15,18)(H,16,19). The first kappa shape index (κ1) is 14.3. The van der Waals surface area contributed by atoms with Gasteiger partial charge in [0.15, 0.2) is 0 Å². The van der Waals surface area contributed by atoms with Crippen molar-refractivity contribution < 1.29 is 14.7 Å². The van der Waals surface area contributed by atoms with Crippen LogP contribution in [-0.2, 0) is 9.59 Å². The van der Waals surface area contributed by atoms with Gasteiger partial charge in [0.25, 0.3) is 0 Å². The van der Waals surface area contributed by atoms with Crippen LogP contribution in [0.3, 0.4) is 0 Å². The molecule has 3 unspecified atom stereocenters. The maximum Gasteiger partial charge on any atom is 0.242 e. The number of aliphatic hydroxyl groups excluding tert-OH is 1. The first-order valence-corrected chi connectivity index (χ1v) is 7.31. The lowest BCUT2D eigenvalue weighted by molar-refractivity contribution is -0.142. The molecule has 2 amide bonds. The Morgan fingerprint density at radius 2 is 2.05 bits per heavy atom. The van der Waals surface area contributed by atoms with Crippen molar-refractivity contribution in [1.82, 2.24) is 10.6 Å². The molecule has 1 aliphatic heterocycles. The fourth-order valence-corrected chi connectivity index (χ4v) is 2.98. The van der Waals surface area contributed by atoms with Gasteiger partial charge >= 0.3 is 0 Å². The minimum absolute atomic E-state index is 0.0975. The molecule has 0 aromatic rings. The lowest BCUT2D eigenvalue weighted by Gasteiger charge is -2.37. The molecule has 1 saturated carbocycles. The van der Waals surface area contributed by atoms with E-state index < -0.39 is 17.6 Å². The molecule has 0 radical (unpaired) electrons. The Morgan fingerprint density at radius 1 is 1.32 bits per heavy atom. The summed E-state index contributed by atoms with van der Waals surface area (Å²) in [4.78, 5) is 24.2. The molecule has 2 rings (SSSR count). The highest BCUT2D eigenvalue weighted by Gasteiger charge is 2.43. The van der Waals surface area contributed by atoms with Crippen LogP contribution in [0.25, 0.3) is 0 Å². The van der Waals surface area contributed by atoms with Gasteiger partial charge in [0.2, 0.25) is 11.8 Å². The molecule has 1 aliphatic carbocycles. The van der Waals surface area contributed by atoms with E-state index in [1.54, 1.807) is 6.92 Å². The highest BCUT2D eigenvalue weighted by atomic mass is 16.3. The number of carbonyl (C=O) groups is 2. The quantitative estimate of drug-likeness (QED) is 0.690. The monoisotopic (exact) mass is 268 g/mol. The molecule has 5 heteroatoms. The molecule has 0 aromatic heterocycles. The average molecular weight is 268 g/mol. The maximum atomic E-state index is 12.4. The molecule has 0 bridgehead atoms. The molecule has 2 aliphatic rings. The molecule has 1 heterocycles. The summed E-state index contributed by atoms with van der Waals surface area (Å²) in [5.41, 5.74) is -0.745. The highest BCUT2D eigenvalue weighted by molar-refractivity contribution is 5.90. The Hall–Kier alpha value is -1.10. The summed E-state index contributed by atoms with van der Waals surface area (Å²) in [6.07, 6.45) is 5.25. The second-order valence-electron chi connectivity index (χ2n) is 5.99. The molecule has 0 aromatic carbocycles. The lowest BCUT2D eigenvalue weighted by atomic mass is 9.72. The number of rotatable bonds is 2. The largest absolute Gasteiger partial charge is 0.392 e. The zero-order valence-electron chi connectivity index (χ0n) is 11.6. The lowest BCUT2D eigenvalue weighted by Crippen LogP contribution is -2.54. The van der Waals surface area contributed by atoms with Crippen LogP contribution in [-0.4, -0.2) is 35.6 Å². The third kappa shape index (κ3) is 3.08. The van der Waals surface area contributed by atoms with Gasteiger partial charge in [-0.1, -0.05) is 12.8 Å². The van der Waals surface area contributed by atoms with Crippen LogP contribution in [0.15, 0.2) is 0 Å². The summed E-state index contributed by atoms with van der Waals surface area (Å²) in [7, 11) is 0. The summed E-state index contributed by atoms with van der Waals surface area (Å²) in [6, 6.07) is -0.444. The minimum Gasteiger partial charge on any atom is -0.392 e. The summed E-state index contributed by atoms with van der Waals surface area (Å²) < 4.78 is 0. The average Bonchev–Trinajstić information content (AvgIpc) is 2.59. The van der Waals surface area contributed by atoms with Crippen LogP contribution >= 0.6 is 0 Å². The summed E-state index contributed by atoms with van der Waals surface area (Å²) in [6.45, 7) is 2.49. The minimum atomic E-state index is -0.745. The zero-order chi connectivity index (χ0) is 13.9. The topological polar surface area (TPSA) is 78.4 Å². The van der Waals surface area contributed by atoms with Crippen LogP contribution in [0.1, 0.15) is 51.9 Å². The Kier molecular flexibility index (Phi) is 4.45. The van der Waals surface area contributed by atoms with Crippen molar-refractivity contribution in [2.75, 3.05) is 6.54 Å². The van der Waals surface area contributed by atoms with Crippen LogP contribution < -0.4 is 10.6 Å². The SMILES string of the molecule is CC1(C(=O)NC2CCCCNC2=O)CCCCC1O. The Bertz CT molecular complexity index is 359. The number of amides is 2. The van der Waals surface area contributed by atoms with Crippen LogP contribution in [0, 0.1) is 5.41 Å². The van der Waals surface area contributed by atoms with Crippen molar-refractivity contribution in [3.8, 4) is 0 Å². The van der Waals surface area contributed by atoms with Gasteiger partial charge in [0.05, 0.1) is 11.5 Å². The fourth-order valence-electron chi connectivity index (χ4n) is 2.98. The Balaban J connectivity index is 2.00. The molecule has 108 valence electrons. The molecule has 3 N–H and O–H groups in total. The van der Waals surface area contributed by atoms with E-state index >= 15 is 0 Å². The van der Waals surface area contributed by atoms with Gasteiger partial charge in [-0.25, -0.2) is 0 Å². The van der Waals surface area contributed by atoms with Crippen molar-refractivity contribution >= 4 is 11.8 Å². The molecule has 0 spiro atoms. The van der Waals surface area contributed by atoms with Crippen molar-refractivity contribution in [3.63, 3.8) is 0 Å². The van der Waals surface area contributed by atoms with Crippen molar-refractivity contribution in [2.45, 2.75) is 64.0 Å². The number of nitrogens with one attached hydrogen (secondary N) is 2. The van der Waals surface area contributed by atoms with E-state index in [-0.39, 0.29) is 11.8 Å². The van der Waals surface area contributed by atoms with Gasteiger partial charge in [-0.2, -0.15) is 0 Å². The predicted octanol–water partition coefficient (Wildman–Crippen LogP) is 0.712. The number of carbonyl (C=O) groups excluding carboxylic acids is 2. The Morgan fingerprint density at radius 3 is 2.79 bits per heavy atom. The first-order chi connectivity index (χ1) is 9.04. The van der Waals surface area contributed by atoms with Crippen LogP contribution in [0.2, 0.25) is 0 Å². The number of hydrogen-bond donors (Lipinski definition) is 3. The van der Waals surface area contributed by atoms with E-state index in [0.29, 0.717) is 25.8 Å². The third-order valence-electron chi connectivity index (χ3n) is 4.52. The molecule has 3 atom stereocenters. The summed E-state index contributed by atoms with van der Waals surface area (Å²) in [5, 5.41) is 15.7. The highest BCUT2D eigenvalue weighted by Crippen LogP contribution is 2.36. The van der Waals surface area contributed by atoms with E-state index in [1.807, 2.05) is 0 Å². The van der Waals surface area contributed by atoms with Gasteiger partial charge in [-0.15, -0.1) is 0 Å². The number of aliphatic hydroxyl groups is 1. The molecule has 2 fully saturated rings. The molecular weight excluding hydrogens is 244 g/mol. The fraction of sp³-hybridized carbons (Fsp3) is 0.857. The molecule has 19 heavy (non-hydrogen) atoms. The third-order valence-corrected chi connectivity index (χ3v) is 4.52.